The van der Waals surface area contributed by atoms with E-state index in [2.05, 4.69) is 15.8 Å². The van der Waals surface area contributed by atoms with Gasteiger partial charge in [0.1, 0.15) is 5.69 Å². The third-order valence-corrected chi connectivity index (χ3v) is 2.71. The Morgan fingerprint density at radius 3 is 3.00 bits per heavy atom. The maximum absolute atomic E-state index is 11.7. The molecular formula is C13H17N3O2. The second-order valence-corrected chi connectivity index (χ2v) is 4.11. The van der Waals surface area contributed by atoms with Crippen LogP contribution in [-0.2, 0) is 11.2 Å². The van der Waals surface area contributed by atoms with Crippen LogP contribution in [0.3, 0.4) is 0 Å². The van der Waals surface area contributed by atoms with Gasteiger partial charge in [-0.15, -0.1) is 0 Å². The molecule has 0 fully saturated rings. The van der Waals surface area contributed by atoms with Crippen LogP contribution in [0.1, 0.15) is 12.1 Å². The van der Waals surface area contributed by atoms with E-state index >= 15 is 0 Å². The van der Waals surface area contributed by atoms with Gasteiger partial charge in [-0.3, -0.25) is 4.79 Å². The lowest BCUT2D eigenvalue weighted by molar-refractivity contribution is -0.120. The van der Waals surface area contributed by atoms with Gasteiger partial charge in [-0.25, -0.2) is 0 Å². The number of hydrogen-bond acceptors (Lipinski definition) is 4. The lowest BCUT2D eigenvalue weighted by atomic mass is 10.1. The zero-order valence-corrected chi connectivity index (χ0v) is 10.4. The second-order valence-electron chi connectivity index (χ2n) is 4.11. The van der Waals surface area contributed by atoms with Crippen molar-refractivity contribution in [1.29, 1.82) is 0 Å². The zero-order chi connectivity index (χ0) is 12.8. The number of hydrogen-bond donors (Lipinski definition) is 2. The van der Waals surface area contributed by atoms with E-state index in [1.807, 2.05) is 31.3 Å². The highest BCUT2D eigenvalue weighted by Crippen LogP contribution is 2.17. The topological polar surface area (TPSA) is 67.2 Å². The number of carbonyl (C=O) groups excluding carboxylic acids is 1. The quantitative estimate of drug-likeness (QED) is 0.750. The Morgan fingerprint density at radius 2 is 2.17 bits per heavy atom. The number of aromatic nitrogens is 1. The van der Waals surface area contributed by atoms with Gasteiger partial charge < -0.3 is 15.2 Å². The van der Waals surface area contributed by atoms with Crippen molar-refractivity contribution in [3.63, 3.8) is 0 Å². The maximum Gasteiger partial charge on any atom is 0.226 e. The highest BCUT2D eigenvalue weighted by Gasteiger charge is 2.11. The molecule has 5 heteroatoms. The van der Waals surface area contributed by atoms with E-state index in [-0.39, 0.29) is 12.3 Å². The van der Waals surface area contributed by atoms with Crippen molar-refractivity contribution in [3.8, 4) is 0 Å². The maximum atomic E-state index is 11.7. The first-order valence-corrected chi connectivity index (χ1v) is 6.06. The van der Waals surface area contributed by atoms with Gasteiger partial charge in [0.05, 0.1) is 6.42 Å². The normalized spacial score (nSPS) is 10.7. The van der Waals surface area contributed by atoms with Gasteiger partial charge in [0, 0.05) is 11.9 Å². The molecule has 5 nitrogen and oxygen atoms in total. The van der Waals surface area contributed by atoms with Crippen molar-refractivity contribution < 1.29 is 9.32 Å². The van der Waals surface area contributed by atoms with Crippen LogP contribution in [0.15, 0.2) is 28.8 Å². The van der Waals surface area contributed by atoms with Crippen molar-refractivity contribution >= 4 is 16.9 Å². The molecule has 0 atom stereocenters. The molecule has 1 heterocycles. The molecule has 0 radical (unpaired) electrons. The van der Waals surface area contributed by atoms with Crippen LogP contribution in [0.2, 0.25) is 0 Å². The fourth-order valence-electron chi connectivity index (χ4n) is 1.77. The van der Waals surface area contributed by atoms with E-state index in [0.29, 0.717) is 12.2 Å². The first-order chi connectivity index (χ1) is 8.81. The summed E-state index contributed by atoms with van der Waals surface area (Å²) in [6, 6.07) is 7.55. The van der Waals surface area contributed by atoms with Crippen molar-refractivity contribution in [1.82, 2.24) is 15.8 Å². The number of benzene rings is 1. The summed E-state index contributed by atoms with van der Waals surface area (Å²) < 4.78 is 5.15. The average Bonchev–Trinajstić information content (AvgIpc) is 2.78. The third-order valence-electron chi connectivity index (χ3n) is 2.71. The number of rotatable bonds is 6. The van der Waals surface area contributed by atoms with Gasteiger partial charge in [0.25, 0.3) is 0 Å². The lowest BCUT2D eigenvalue weighted by Crippen LogP contribution is -2.28. The Bertz CT molecular complexity index is 522. The van der Waals surface area contributed by atoms with Crippen LogP contribution in [0.5, 0.6) is 0 Å². The standard InChI is InChI=1S/C13H17N3O2/c1-14-7-4-8-15-13(17)9-11-10-5-2-3-6-12(10)18-16-11/h2-3,5-6,14H,4,7-9H2,1H3,(H,15,17). The first-order valence-electron chi connectivity index (χ1n) is 6.06. The molecule has 1 amide bonds. The summed E-state index contributed by atoms with van der Waals surface area (Å²) in [6.07, 6.45) is 1.18. The van der Waals surface area contributed by atoms with E-state index in [1.165, 1.54) is 0 Å². The summed E-state index contributed by atoms with van der Waals surface area (Å²) in [5.41, 5.74) is 1.41. The van der Waals surface area contributed by atoms with Crippen LogP contribution < -0.4 is 10.6 Å². The molecule has 2 rings (SSSR count). The van der Waals surface area contributed by atoms with Gasteiger partial charge in [-0.2, -0.15) is 0 Å². The predicted molar refractivity (Wildman–Crippen MR) is 69.3 cm³/mol. The van der Waals surface area contributed by atoms with Gasteiger partial charge >= 0.3 is 0 Å². The van der Waals surface area contributed by atoms with Crippen molar-refractivity contribution in [3.05, 3.63) is 30.0 Å². The molecule has 2 aromatic rings. The SMILES string of the molecule is CNCCCNC(=O)Cc1noc2ccccc12. The third kappa shape index (κ3) is 3.07. The second kappa shape index (κ2) is 6.16. The van der Waals surface area contributed by atoms with Crippen LogP contribution in [-0.4, -0.2) is 31.2 Å². The molecular weight excluding hydrogens is 230 g/mol. The fraction of sp³-hybridized carbons (Fsp3) is 0.385. The average molecular weight is 247 g/mol. The summed E-state index contributed by atoms with van der Waals surface area (Å²) in [6.45, 7) is 1.57. The number of carbonyl (C=O) groups is 1. The summed E-state index contributed by atoms with van der Waals surface area (Å²) in [5, 5.41) is 10.7. The molecule has 0 aliphatic rings. The first kappa shape index (κ1) is 12.6. The van der Waals surface area contributed by atoms with Crippen molar-refractivity contribution in [2.24, 2.45) is 0 Å². The molecule has 0 spiro atoms. The van der Waals surface area contributed by atoms with E-state index < -0.39 is 0 Å². The van der Waals surface area contributed by atoms with Crippen LogP contribution in [0.25, 0.3) is 11.0 Å². The summed E-state index contributed by atoms with van der Waals surface area (Å²) in [4.78, 5) is 11.7. The predicted octanol–water partition coefficient (Wildman–Crippen LogP) is 1.10. The number of nitrogens with zero attached hydrogens (tertiary/aromatic N) is 1. The number of nitrogens with one attached hydrogen (secondary N) is 2. The lowest BCUT2D eigenvalue weighted by Gasteiger charge is -2.03. The summed E-state index contributed by atoms with van der Waals surface area (Å²) in [5.74, 6) is -0.0230. The Labute approximate surface area is 106 Å². The molecule has 0 saturated carbocycles. The molecule has 0 saturated heterocycles. The zero-order valence-electron chi connectivity index (χ0n) is 10.4. The molecule has 0 bridgehead atoms. The van der Waals surface area contributed by atoms with Crippen LogP contribution in [0, 0.1) is 0 Å². The van der Waals surface area contributed by atoms with E-state index in [1.54, 1.807) is 0 Å². The molecule has 18 heavy (non-hydrogen) atoms. The smallest absolute Gasteiger partial charge is 0.226 e. The van der Waals surface area contributed by atoms with E-state index in [4.69, 9.17) is 4.52 Å². The molecule has 0 aliphatic carbocycles. The largest absolute Gasteiger partial charge is 0.356 e. The van der Waals surface area contributed by atoms with E-state index in [0.717, 1.165) is 23.9 Å². The Kier molecular flexibility index (Phi) is 4.30. The monoisotopic (exact) mass is 247 g/mol. The summed E-state index contributed by atoms with van der Waals surface area (Å²) >= 11 is 0. The number of para-hydroxylation sites is 1. The number of amides is 1. The van der Waals surface area contributed by atoms with Crippen LogP contribution in [0.4, 0.5) is 0 Å². The minimum atomic E-state index is -0.0230. The van der Waals surface area contributed by atoms with Crippen molar-refractivity contribution in [2.45, 2.75) is 12.8 Å². The molecule has 0 aliphatic heterocycles. The molecule has 2 N–H and O–H groups in total. The Balaban J connectivity index is 1.91. The molecule has 0 unspecified atom stereocenters. The van der Waals surface area contributed by atoms with Gasteiger partial charge in [0.15, 0.2) is 5.58 Å². The number of fused-ring (bicyclic) bond motifs is 1. The van der Waals surface area contributed by atoms with Crippen LogP contribution >= 0.6 is 0 Å². The van der Waals surface area contributed by atoms with Gasteiger partial charge in [-0.1, -0.05) is 17.3 Å². The molecule has 1 aromatic heterocycles. The highest BCUT2D eigenvalue weighted by molar-refractivity contribution is 5.86. The summed E-state index contributed by atoms with van der Waals surface area (Å²) in [7, 11) is 1.89. The minimum Gasteiger partial charge on any atom is -0.356 e. The Hall–Kier alpha value is -1.88. The molecule has 1 aromatic carbocycles. The van der Waals surface area contributed by atoms with Gasteiger partial charge in [-0.05, 0) is 32.1 Å². The highest BCUT2D eigenvalue weighted by atomic mass is 16.5. The van der Waals surface area contributed by atoms with E-state index in [9.17, 15) is 4.79 Å². The van der Waals surface area contributed by atoms with Crippen molar-refractivity contribution in [2.75, 3.05) is 20.1 Å². The minimum absolute atomic E-state index is 0.0230. The fourth-order valence-corrected chi connectivity index (χ4v) is 1.77. The Morgan fingerprint density at radius 1 is 1.33 bits per heavy atom. The molecule has 96 valence electrons. The van der Waals surface area contributed by atoms with Gasteiger partial charge in [0.2, 0.25) is 5.91 Å².